The molecule has 1 unspecified atom stereocenters. The molecular weight excluding hydrogens is 432 g/mol. The largest absolute Gasteiger partial charge is 0.449 e. The van der Waals surface area contributed by atoms with Crippen LogP contribution in [0.15, 0.2) is 57.4 Å². The molecule has 0 aliphatic carbocycles. The van der Waals surface area contributed by atoms with Crippen LogP contribution in [-0.2, 0) is 19.9 Å². The molecule has 1 aliphatic rings. The number of aryl methyl sites for hydroxylation is 1. The fourth-order valence-electron chi connectivity index (χ4n) is 3.40. The molecule has 0 saturated carbocycles. The zero-order chi connectivity index (χ0) is 20.6. The predicted octanol–water partition coefficient (Wildman–Crippen LogP) is 3.26. The number of nitrogens with zero attached hydrogens (tertiary/aromatic N) is 2. The SMILES string of the molecule is Cc1nc(-c2ccc(S(=O)(=O)N3CCC(c4cccs4)S(=O)(=O)CC3)cc2)co1. The van der Waals surface area contributed by atoms with Crippen molar-refractivity contribution in [2.24, 2.45) is 0 Å². The van der Waals surface area contributed by atoms with Crippen LogP contribution in [0.4, 0.5) is 0 Å². The standard InChI is InChI=1S/C19H20N2O5S3/c1-14-20-17(13-26-14)15-4-6-16(7-5-15)29(24,25)21-9-8-19(18-3-2-11-27-18)28(22,23)12-10-21/h2-7,11,13,19H,8-10,12H2,1H3. The van der Waals surface area contributed by atoms with Crippen LogP contribution in [0, 0.1) is 6.92 Å². The first-order chi connectivity index (χ1) is 13.8. The number of benzene rings is 1. The Morgan fingerprint density at radius 2 is 1.93 bits per heavy atom. The average Bonchev–Trinajstić information content (AvgIpc) is 3.33. The van der Waals surface area contributed by atoms with Gasteiger partial charge < -0.3 is 4.42 Å². The van der Waals surface area contributed by atoms with Crippen molar-refractivity contribution in [3.05, 3.63) is 58.8 Å². The quantitative estimate of drug-likeness (QED) is 0.603. The molecule has 1 aliphatic heterocycles. The summed E-state index contributed by atoms with van der Waals surface area (Å²) in [5.41, 5.74) is 1.38. The Morgan fingerprint density at radius 3 is 2.55 bits per heavy atom. The van der Waals surface area contributed by atoms with E-state index in [9.17, 15) is 16.8 Å². The molecule has 0 N–H and O–H groups in total. The molecule has 0 bridgehead atoms. The van der Waals surface area contributed by atoms with E-state index in [-0.39, 0.29) is 30.2 Å². The monoisotopic (exact) mass is 452 g/mol. The first kappa shape index (κ1) is 20.3. The second-order valence-corrected chi connectivity index (χ2v) is 12.1. The zero-order valence-electron chi connectivity index (χ0n) is 15.7. The molecule has 4 rings (SSSR count). The van der Waals surface area contributed by atoms with Crippen LogP contribution in [0.5, 0.6) is 0 Å². The van der Waals surface area contributed by atoms with E-state index in [0.29, 0.717) is 11.6 Å². The van der Waals surface area contributed by atoms with Gasteiger partial charge in [0, 0.05) is 30.5 Å². The van der Waals surface area contributed by atoms with Gasteiger partial charge in [0.2, 0.25) is 10.0 Å². The third-order valence-electron chi connectivity index (χ3n) is 4.97. The summed E-state index contributed by atoms with van der Waals surface area (Å²) in [7, 11) is -7.21. The van der Waals surface area contributed by atoms with Gasteiger partial charge in [0.1, 0.15) is 12.0 Å². The van der Waals surface area contributed by atoms with Crippen molar-refractivity contribution in [1.29, 1.82) is 0 Å². The molecule has 10 heteroatoms. The van der Waals surface area contributed by atoms with Gasteiger partial charge in [-0.25, -0.2) is 21.8 Å². The van der Waals surface area contributed by atoms with E-state index < -0.39 is 25.1 Å². The lowest BCUT2D eigenvalue weighted by atomic mass is 10.2. The third-order valence-corrected chi connectivity index (χ3v) is 10.1. The summed E-state index contributed by atoms with van der Waals surface area (Å²) in [6.45, 7) is 1.85. The van der Waals surface area contributed by atoms with Crippen LogP contribution >= 0.6 is 11.3 Å². The van der Waals surface area contributed by atoms with Gasteiger partial charge in [-0.2, -0.15) is 4.31 Å². The first-order valence-electron chi connectivity index (χ1n) is 9.05. The third kappa shape index (κ3) is 4.02. The van der Waals surface area contributed by atoms with E-state index in [1.807, 2.05) is 11.4 Å². The van der Waals surface area contributed by atoms with Crippen LogP contribution in [0.1, 0.15) is 22.4 Å². The van der Waals surface area contributed by atoms with Crippen molar-refractivity contribution in [3.8, 4) is 11.3 Å². The highest BCUT2D eigenvalue weighted by atomic mass is 32.2. The molecule has 7 nitrogen and oxygen atoms in total. The van der Waals surface area contributed by atoms with Crippen LogP contribution < -0.4 is 0 Å². The van der Waals surface area contributed by atoms with Crippen molar-refractivity contribution in [3.63, 3.8) is 0 Å². The maximum Gasteiger partial charge on any atom is 0.243 e. The van der Waals surface area contributed by atoms with Gasteiger partial charge in [0.25, 0.3) is 0 Å². The van der Waals surface area contributed by atoms with Crippen molar-refractivity contribution in [1.82, 2.24) is 9.29 Å². The lowest BCUT2D eigenvalue weighted by Gasteiger charge is -2.19. The number of hydrogen-bond acceptors (Lipinski definition) is 7. The fourth-order valence-corrected chi connectivity index (χ4v) is 7.98. The minimum absolute atomic E-state index is 0.0449. The maximum absolute atomic E-state index is 13.1. The second-order valence-electron chi connectivity index (χ2n) is 6.84. The minimum Gasteiger partial charge on any atom is -0.449 e. The predicted molar refractivity (Wildman–Crippen MR) is 111 cm³/mol. The molecule has 3 aromatic rings. The summed E-state index contributed by atoms with van der Waals surface area (Å²) < 4.78 is 58.0. The maximum atomic E-state index is 13.1. The summed E-state index contributed by atoms with van der Waals surface area (Å²) in [5.74, 6) is 0.341. The molecule has 1 saturated heterocycles. The molecule has 3 heterocycles. The van der Waals surface area contributed by atoms with Crippen molar-refractivity contribution in [2.45, 2.75) is 23.5 Å². The van der Waals surface area contributed by atoms with Gasteiger partial charge in [0.05, 0.1) is 15.9 Å². The van der Waals surface area contributed by atoms with Gasteiger partial charge >= 0.3 is 0 Å². The van der Waals surface area contributed by atoms with E-state index in [4.69, 9.17) is 4.42 Å². The van der Waals surface area contributed by atoms with Gasteiger partial charge in [-0.15, -0.1) is 11.3 Å². The number of sulfonamides is 1. The average molecular weight is 453 g/mol. The summed E-state index contributed by atoms with van der Waals surface area (Å²) in [6, 6.07) is 9.99. The lowest BCUT2D eigenvalue weighted by Crippen LogP contribution is -2.33. The number of thiophene rings is 1. The summed E-state index contributed by atoms with van der Waals surface area (Å²) >= 11 is 1.39. The van der Waals surface area contributed by atoms with Crippen LogP contribution in [0.3, 0.4) is 0 Å². The Kier molecular flexibility index (Phi) is 5.36. The molecule has 0 amide bonds. The molecule has 1 aromatic carbocycles. The second kappa shape index (κ2) is 7.67. The highest BCUT2D eigenvalue weighted by molar-refractivity contribution is 7.92. The molecule has 154 valence electrons. The minimum atomic E-state index is -3.79. The normalized spacial score (nSPS) is 20.4. The van der Waals surface area contributed by atoms with Gasteiger partial charge in [-0.3, -0.25) is 0 Å². The summed E-state index contributed by atoms with van der Waals surface area (Å²) in [4.78, 5) is 5.12. The van der Waals surface area contributed by atoms with Crippen molar-refractivity contribution >= 4 is 31.2 Å². The Morgan fingerprint density at radius 1 is 1.17 bits per heavy atom. The lowest BCUT2D eigenvalue weighted by molar-refractivity contribution is 0.428. The molecule has 0 radical (unpaired) electrons. The van der Waals surface area contributed by atoms with Crippen LogP contribution in [-0.4, -0.2) is 45.0 Å². The van der Waals surface area contributed by atoms with E-state index >= 15 is 0 Å². The number of oxazole rings is 1. The van der Waals surface area contributed by atoms with Crippen molar-refractivity contribution < 1.29 is 21.3 Å². The van der Waals surface area contributed by atoms with Crippen molar-refractivity contribution in [2.75, 3.05) is 18.8 Å². The summed E-state index contributed by atoms with van der Waals surface area (Å²) in [5, 5.41) is 1.18. The van der Waals surface area contributed by atoms with E-state index in [1.165, 1.54) is 34.0 Å². The van der Waals surface area contributed by atoms with E-state index in [1.54, 1.807) is 25.1 Å². The van der Waals surface area contributed by atoms with E-state index in [0.717, 1.165) is 10.4 Å². The molecule has 0 spiro atoms. The fraction of sp³-hybridized carbons (Fsp3) is 0.316. The Hall–Kier alpha value is -2.01. The Bertz CT molecular complexity index is 1200. The molecular formula is C19H20N2O5S3. The van der Waals surface area contributed by atoms with E-state index in [2.05, 4.69) is 4.98 Å². The number of rotatable bonds is 4. The highest BCUT2D eigenvalue weighted by Crippen LogP contribution is 2.33. The van der Waals surface area contributed by atoms with Crippen LogP contribution in [0.2, 0.25) is 0 Å². The van der Waals surface area contributed by atoms with Gasteiger partial charge in [-0.05, 0) is 30.0 Å². The van der Waals surface area contributed by atoms with Gasteiger partial charge in [0.15, 0.2) is 15.7 Å². The molecule has 2 aromatic heterocycles. The molecule has 29 heavy (non-hydrogen) atoms. The smallest absolute Gasteiger partial charge is 0.243 e. The number of aromatic nitrogens is 1. The Balaban J connectivity index is 1.57. The number of sulfone groups is 1. The molecule has 1 atom stereocenters. The summed E-state index contributed by atoms with van der Waals surface area (Å²) in [6.07, 6.45) is 1.77. The molecule has 1 fully saturated rings. The highest BCUT2D eigenvalue weighted by Gasteiger charge is 2.36. The number of hydrogen-bond donors (Lipinski definition) is 0. The van der Waals surface area contributed by atoms with Crippen LogP contribution in [0.25, 0.3) is 11.3 Å². The van der Waals surface area contributed by atoms with Gasteiger partial charge in [-0.1, -0.05) is 18.2 Å². The first-order valence-corrected chi connectivity index (χ1v) is 13.1. The zero-order valence-corrected chi connectivity index (χ0v) is 18.1. The Labute approximate surface area is 174 Å². The topological polar surface area (TPSA) is 97.5 Å².